The number of amides is 1. The molecule has 0 aliphatic rings. The van der Waals surface area contributed by atoms with Crippen LogP contribution in [0.15, 0.2) is 42.5 Å². The molecule has 0 spiro atoms. The third-order valence-electron chi connectivity index (χ3n) is 3.55. The van der Waals surface area contributed by atoms with Crippen molar-refractivity contribution in [1.29, 1.82) is 0 Å². The lowest BCUT2D eigenvalue weighted by molar-refractivity contribution is -0.122. The van der Waals surface area contributed by atoms with Gasteiger partial charge in [0.25, 0.3) is 5.91 Å². The minimum absolute atomic E-state index is 0.167. The van der Waals surface area contributed by atoms with Crippen LogP contribution in [0.1, 0.15) is 24.5 Å². The molecule has 0 unspecified atom stereocenters. The van der Waals surface area contributed by atoms with Gasteiger partial charge in [-0.2, -0.15) is 0 Å². The largest absolute Gasteiger partial charge is 0.480 e. The first kappa shape index (κ1) is 15.9. The molecule has 0 aliphatic heterocycles. The Morgan fingerprint density at radius 3 is 2.59 bits per heavy atom. The first-order valence-corrected chi connectivity index (χ1v) is 7.40. The summed E-state index contributed by atoms with van der Waals surface area (Å²) < 4.78 is 5.86. The van der Waals surface area contributed by atoms with Gasteiger partial charge in [-0.25, -0.2) is 0 Å². The molecule has 0 heterocycles. The number of nitrogen functional groups attached to an aromatic ring is 1. The number of carbonyl (C=O) groups is 1. The summed E-state index contributed by atoms with van der Waals surface area (Å²) in [6.45, 7) is 5.81. The van der Waals surface area contributed by atoms with Crippen LogP contribution in [0.5, 0.6) is 5.75 Å². The maximum absolute atomic E-state index is 12.4. The Kier molecular flexibility index (Phi) is 5.04. The van der Waals surface area contributed by atoms with E-state index in [1.165, 1.54) is 0 Å². The van der Waals surface area contributed by atoms with Crippen LogP contribution >= 0.6 is 0 Å². The number of para-hydroxylation sites is 1. The second-order valence-electron chi connectivity index (χ2n) is 5.34. The predicted octanol–water partition coefficient (Wildman–Crippen LogP) is 3.68. The van der Waals surface area contributed by atoms with E-state index in [-0.39, 0.29) is 5.91 Å². The highest BCUT2D eigenvalue weighted by molar-refractivity contribution is 5.95. The van der Waals surface area contributed by atoms with Crippen molar-refractivity contribution in [3.05, 3.63) is 53.6 Å². The third-order valence-corrected chi connectivity index (χ3v) is 3.55. The van der Waals surface area contributed by atoms with Gasteiger partial charge >= 0.3 is 0 Å². The molecular formula is C18H22N2O2. The van der Waals surface area contributed by atoms with Crippen molar-refractivity contribution in [3.8, 4) is 5.75 Å². The zero-order valence-electron chi connectivity index (χ0n) is 13.2. The number of rotatable bonds is 5. The van der Waals surface area contributed by atoms with Crippen molar-refractivity contribution >= 4 is 17.3 Å². The van der Waals surface area contributed by atoms with Crippen LogP contribution in [-0.4, -0.2) is 12.0 Å². The molecular weight excluding hydrogens is 276 g/mol. The van der Waals surface area contributed by atoms with Crippen molar-refractivity contribution in [2.45, 2.75) is 33.3 Å². The van der Waals surface area contributed by atoms with E-state index in [4.69, 9.17) is 10.5 Å². The van der Waals surface area contributed by atoms with Gasteiger partial charge in [0.2, 0.25) is 0 Å². The lowest BCUT2D eigenvalue weighted by Gasteiger charge is -2.19. The maximum atomic E-state index is 12.4. The van der Waals surface area contributed by atoms with Crippen LogP contribution in [0.4, 0.5) is 11.4 Å². The average molecular weight is 298 g/mol. The first-order chi connectivity index (χ1) is 10.5. The van der Waals surface area contributed by atoms with E-state index in [1.54, 1.807) is 6.07 Å². The highest BCUT2D eigenvalue weighted by atomic mass is 16.5. The van der Waals surface area contributed by atoms with E-state index in [0.29, 0.717) is 12.1 Å². The number of aryl methyl sites for hydroxylation is 2. The average Bonchev–Trinajstić information content (AvgIpc) is 2.50. The highest BCUT2D eigenvalue weighted by Crippen LogP contribution is 2.21. The van der Waals surface area contributed by atoms with Gasteiger partial charge in [-0.05, 0) is 49.6 Å². The van der Waals surface area contributed by atoms with Gasteiger partial charge in [0.05, 0.1) is 0 Å². The molecule has 0 saturated heterocycles. The van der Waals surface area contributed by atoms with Crippen LogP contribution in [0, 0.1) is 13.8 Å². The van der Waals surface area contributed by atoms with Crippen molar-refractivity contribution in [2.75, 3.05) is 11.1 Å². The first-order valence-electron chi connectivity index (χ1n) is 7.40. The monoisotopic (exact) mass is 298 g/mol. The number of ether oxygens (including phenoxy) is 1. The summed E-state index contributed by atoms with van der Waals surface area (Å²) in [7, 11) is 0. The molecule has 0 saturated carbocycles. The molecule has 2 rings (SSSR count). The molecule has 0 fully saturated rings. The Morgan fingerprint density at radius 2 is 1.91 bits per heavy atom. The van der Waals surface area contributed by atoms with Gasteiger partial charge in [0.15, 0.2) is 6.10 Å². The Balaban J connectivity index is 2.12. The quantitative estimate of drug-likeness (QED) is 0.828. The molecule has 1 atom stereocenters. The Morgan fingerprint density at radius 1 is 1.18 bits per heavy atom. The zero-order chi connectivity index (χ0) is 16.1. The van der Waals surface area contributed by atoms with E-state index in [9.17, 15) is 4.79 Å². The summed E-state index contributed by atoms with van der Waals surface area (Å²) in [6, 6.07) is 13.1. The molecule has 0 aromatic heterocycles. The SMILES string of the molecule is CC[C@H](Oc1ccccc1C)C(=O)Nc1cc(N)ccc1C. The molecule has 2 aromatic rings. The van der Waals surface area contributed by atoms with Crippen LogP contribution in [0.25, 0.3) is 0 Å². The lowest BCUT2D eigenvalue weighted by atomic mass is 10.1. The fourth-order valence-electron chi connectivity index (χ4n) is 2.15. The van der Waals surface area contributed by atoms with Gasteiger partial charge in [0.1, 0.15) is 5.75 Å². The van der Waals surface area contributed by atoms with Crippen molar-refractivity contribution in [3.63, 3.8) is 0 Å². The van der Waals surface area contributed by atoms with Crippen LogP contribution in [-0.2, 0) is 4.79 Å². The highest BCUT2D eigenvalue weighted by Gasteiger charge is 2.19. The fourth-order valence-corrected chi connectivity index (χ4v) is 2.15. The van der Waals surface area contributed by atoms with Crippen molar-refractivity contribution in [1.82, 2.24) is 0 Å². The minimum Gasteiger partial charge on any atom is -0.480 e. The van der Waals surface area contributed by atoms with E-state index in [2.05, 4.69) is 5.32 Å². The molecule has 0 aliphatic carbocycles. The number of nitrogens with two attached hydrogens (primary N) is 1. The molecule has 4 heteroatoms. The van der Waals surface area contributed by atoms with Crippen molar-refractivity contribution < 1.29 is 9.53 Å². The van der Waals surface area contributed by atoms with Gasteiger partial charge < -0.3 is 15.8 Å². The van der Waals surface area contributed by atoms with E-state index >= 15 is 0 Å². The van der Waals surface area contributed by atoms with Gasteiger partial charge in [-0.1, -0.05) is 31.2 Å². The molecule has 1 amide bonds. The number of anilines is 2. The summed E-state index contributed by atoms with van der Waals surface area (Å²) in [4.78, 5) is 12.4. The van der Waals surface area contributed by atoms with E-state index < -0.39 is 6.10 Å². The number of benzene rings is 2. The molecule has 22 heavy (non-hydrogen) atoms. The Hall–Kier alpha value is -2.49. The zero-order valence-corrected chi connectivity index (χ0v) is 13.2. The molecule has 3 N–H and O–H groups in total. The summed E-state index contributed by atoms with van der Waals surface area (Å²) in [5.74, 6) is 0.563. The van der Waals surface area contributed by atoms with E-state index in [0.717, 1.165) is 22.6 Å². The summed E-state index contributed by atoms with van der Waals surface area (Å²) in [5.41, 5.74) is 9.09. The number of hydrogen-bond donors (Lipinski definition) is 2. The number of carbonyl (C=O) groups excluding carboxylic acids is 1. The van der Waals surface area contributed by atoms with Crippen molar-refractivity contribution in [2.24, 2.45) is 0 Å². The maximum Gasteiger partial charge on any atom is 0.265 e. The fraction of sp³-hybridized carbons (Fsp3) is 0.278. The number of nitrogens with one attached hydrogen (secondary N) is 1. The minimum atomic E-state index is -0.540. The van der Waals surface area contributed by atoms with E-state index in [1.807, 2.05) is 57.2 Å². The second kappa shape index (κ2) is 6.98. The molecule has 116 valence electrons. The third kappa shape index (κ3) is 3.79. The Labute approximate surface area is 131 Å². The predicted molar refractivity (Wildman–Crippen MR) is 90.1 cm³/mol. The summed E-state index contributed by atoms with van der Waals surface area (Å²) >= 11 is 0. The van der Waals surface area contributed by atoms with Crippen LogP contribution in [0.3, 0.4) is 0 Å². The Bertz CT molecular complexity index is 668. The number of hydrogen-bond acceptors (Lipinski definition) is 3. The summed E-state index contributed by atoms with van der Waals surface area (Å²) in [5, 5.41) is 2.90. The van der Waals surface area contributed by atoms with Gasteiger partial charge in [-0.15, -0.1) is 0 Å². The normalized spacial score (nSPS) is 11.8. The standard InChI is InChI=1S/C18H22N2O2/c1-4-16(22-17-8-6-5-7-13(17)3)18(21)20-15-11-14(19)10-9-12(15)2/h5-11,16H,4,19H2,1-3H3,(H,20,21)/t16-/m0/s1. The smallest absolute Gasteiger partial charge is 0.265 e. The van der Waals surface area contributed by atoms with Gasteiger partial charge in [0, 0.05) is 11.4 Å². The molecule has 4 nitrogen and oxygen atoms in total. The molecule has 0 bridgehead atoms. The molecule has 2 aromatic carbocycles. The second-order valence-corrected chi connectivity index (χ2v) is 5.34. The summed E-state index contributed by atoms with van der Waals surface area (Å²) in [6.07, 6.45) is 0.0450. The van der Waals surface area contributed by atoms with Crippen LogP contribution < -0.4 is 15.8 Å². The lowest BCUT2D eigenvalue weighted by Crippen LogP contribution is -2.32. The van der Waals surface area contributed by atoms with Crippen LogP contribution in [0.2, 0.25) is 0 Å². The molecule has 0 radical (unpaired) electrons. The van der Waals surface area contributed by atoms with Gasteiger partial charge in [-0.3, -0.25) is 4.79 Å². The topological polar surface area (TPSA) is 64.3 Å².